The second kappa shape index (κ2) is 3.58. The summed E-state index contributed by atoms with van der Waals surface area (Å²) in [7, 11) is 0. The summed E-state index contributed by atoms with van der Waals surface area (Å²) in [6.45, 7) is 3.22. The molecular formula is C7H11NOS. The van der Waals surface area contributed by atoms with Crippen LogP contribution in [0.25, 0.3) is 0 Å². The Kier molecular flexibility index (Phi) is 2.71. The first-order valence-electron chi connectivity index (χ1n) is 3.21. The molecule has 1 aromatic heterocycles. The van der Waals surface area contributed by atoms with Gasteiger partial charge in [0.2, 0.25) is 0 Å². The molecule has 1 aromatic rings. The van der Waals surface area contributed by atoms with Crippen molar-refractivity contribution in [2.75, 3.05) is 13.2 Å². The highest BCUT2D eigenvalue weighted by Gasteiger charge is 1.97. The van der Waals surface area contributed by atoms with Crippen LogP contribution < -0.4 is 10.5 Å². The maximum absolute atomic E-state index is 5.32. The number of aryl methyl sites for hydroxylation is 1. The van der Waals surface area contributed by atoms with E-state index in [-0.39, 0.29) is 0 Å². The van der Waals surface area contributed by atoms with E-state index >= 15 is 0 Å². The third-order valence-electron chi connectivity index (χ3n) is 1.17. The van der Waals surface area contributed by atoms with Crippen LogP contribution in [0.3, 0.4) is 0 Å². The number of hydrogen-bond acceptors (Lipinski definition) is 3. The van der Waals surface area contributed by atoms with Gasteiger partial charge in [-0.25, -0.2) is 0 Å². The summed E-state index contributed by atoms with van der Waals surface area (Å²) < 4.78 is 5.32. The topological polar surface area (TPSA) is 35.2 Å². The van der Waals surface area contributed by atoms with E-state index in [2.05, 4.69) is 0 Å². The van der Waals surface area contributed by atoms with Crippen molar-refractivity contribution in [2.24, 2.45) is 5.73 Å². The minimum atomic E-state index is 0.581. The van der Waals surface area contributed by atoms with Crippen LogP contribution in [0.15, 0.2) is 11.4 Å². The molecule has 10 heavy (non-hydrogen) atoms. The van der Waals surface area contributed by atoms with Gasteiger partial charge in [0.25, 0.3) is 0 Å². The molecule has 0 aliphatic rings. The van der Waals surface area contributed by atoms with Gasteiger partial charge in [-0.2, -0.15) is 0 Å². The fourth-order valence-electron chi connectivity index (χ4n) is 0.658. The van der Waals surface area contributed by atoms with E-state index in [4.69, 9.17) is 10.5 Å². The molecule has 0 spiro atoms. The van der Waals surface area contributed by atoms with Crippen molar-refractivity contribution in [1.82, 2.24) is 0 Å². The summed E-state index contributed by atoms with van der Waals surface area (Å²) in [6.07, 6.45) is 0. The average molecular weight is 157 g/mol. The van der Waals surface area contributed by atoms with Gasteiger partial charge in [-0.3, -0.25) is 0 Å². The molecule has 0 atom stereocenters. The lowest BCUT2D eigenvalue weighted by Crippen LogP contribution is -2.10. The van der Waals surface area contributed by atoms with E-state index in [1.54, 1.807) is 11.3 Å². The number of ether oxygens (including phenoxy) is 1. The molecule has 0 saturated carbocycles. The fraction of sp³-hybridized carbons (Fsp3) is 0.429. The Bertz CT molecular complexity index is 197. The monoisotopic (exact) mass is 157 g/mol. The molecule has 0 unspecified atom stereocenters. The predicted octanol–water partition coefficient (Wildman–Crippen LogP) is 1.39. The molecule has 0 saturated heterocycles. The number of rotatable bonds is 3. The van der Waals surface area contributed by atoms with E-state index < -0.39 is 0 Å². The van der Waals surface area contributed by atoms with Crippen molar-refractivity contribution in [3.05, 3.63) is 17.0 Å². The molecular weight excluding hydrogens is 146 g/mol. The van der Waals surface area contributed by atoms with E-state index in [0.717, 1.165) is 5.06 Å². The number of thiophene rings is 1. The van der Waals surface area contributed by atoms with Crippen molar-refractivity contribution in [3.63, 3.8) is 0 Å². The van der Waals surface area contributed by atoms with Crippen molar-refractivity contribution < 1.29 is 4.74 Å². The normalized spacial score (nSPS) is 9.80. The van der Waals surface area contributed by atoms with Gasteiger partial charge in [0.05, 0.1) is 0 Å². The Hall–Kier alpha value is -0.540. The lowest BCUT2D eigenvalue weighted by molar-refractivity contribution is 0.336. The Morgan fingerprint density at radius 2 is 2.50 bits per heavy atom. The van der Waals surface area contributed by atoms with Gasteiger partial charge in [-0.1, -0.05) is 0 Å². The summed E-state index contributed by atoms with van der Waals surface area (Å²) in [4.78, 5) is 0. The Balaban J connectivity index is 2.49. The summed E-state index contributed by atoms with van der Waals surface area (Å²) in [6, 6.07) is 2.04. The van der Waals surface area contributed by atoms with Crippen LogP contribution in [-0.2, 0) is 0 Å². The first-order valence-corrected chi connectivity index (χ1v) is 4.09. The smallest absolute Gasteiger partial charge is 0.176 e. The summed E-state index contributed by atoms with van der Waals surface area (Å²) >= 11 is 1.61. The lowest BCUT2D eigenvalue weighted by atomic mass is 10.4. The highest BCUT2D eigenvalue weighted by atomic mass is 32.1. The molecule has 56 valence electrons. The van der Waals surface area contributed by atoms with Gasteiger partial charge in [0.1, 0.15) is 6.61 Å². The van der Waals surface area contributed by atoms with Gasteiger partial charge in [0, 0.05) is 12.1 Å². The van der Waals surface area contributed by atoms with Crippen LogP contribution in [0.5, 0.6) is 5.06 Å². The molecule has 2 N–H and O–H groups in total. The molecule has 0 bridgehead atoms. The Morgan fingerprint density at radius 1 is 1.70 bits per heavy atom. The summed E-state index contributed by atoms with van der Waals surface area (Å²) in [5.41, 5.74) is 6.47. The van der Waals surface area contributed by atoms with Crippen molar-refractivity contribution in [2.45, 2.75) is 6.92 Å². The van der Waals surface area contributed by atoms with Gasteiger partial charge < -0.3 is 10.5 Å². The lowest BCUT2D eigenvalue weighted by Gasteiger charge is -2.00. The van der Waals surface area contributed by atoms with E-state index in [1.165, 1.54) is 5.56 Å². The largest absolute Gasteiger partial charge is 0.482 e. The first-order chi connectivity index (χ1) is 4.84. The predicted molar refractivity (Wildman–Crippen MR) is 43.6 cm³/mol. The summed E-state index contributed by atoms with van der Waals surface area (Å²) in [5, 5.41) is 3.01. The standard InChI is InChI=1S/C7H11NOS/c1-6-2-5-10-7(6)9-4-3-8/h2,5H,3-4,8H2,1H3. The molecule has 0 amide bonds. The zero-order chi connectivity index (χ0) is 7.40. The van der Waals surface area contributed by atoms with Crippen molar-refractivity contribution in [1.29, 1.82) is 0 Å². The third kappa shape index (κ3) is 1.72. The maximum Gasteiger partial charge on any atom is 0.176 e. The average Bonchev–Trinajstić information content (AvgIpc) is 2.31. The molecule has 3 heteroatoms. The molecule has 0 fully saturated rings. The van der Waals surface area contributed by atoms with Gasteiger partial charge >= 0.3 is 0 Å². The van der Waals surface area contributed by atoms with E-state index in [0.29, 0.717) is 13.2 Å². The number of nitrogens with two attached hydrogens (primary N) is 1. The molecule has 0 radical (unpaired) electrons. The summed E-state index contributed by atoms with van der Waals surface area (Å²) in [5.74, 6) is 0. The molecule has 0 aliphatic carbocycles. The second-order valence-electron chi connectivity index (χ2n) is 2.03. The van der Waals surface area contributed by atoms with Gasteiger partial charge in [-0.15, -0.1) is 11.3 Å². The fourth-order valence-corrected chi connectivity index (χ4v) is 1.46. The molecule has 0 aromatic carbocycles. The SMILES string of the molecule is Cc1ccsc1OCCN. The number of hydrogen-bond donors (Lipinski definition) is 1. The zero-order valence-corrected chi connectivity index (χ0v) is 6.78. The Labute approximate surface area is 64.6 Å². The van der Waals surface area contributed by atoms with Crippen LogP contribution in [0.1, 0.15) is 5.56 Å². The highest BCUT2D eigenvalue weighted by molar-refractivity contribution is 7.12. The van der Waals surface area contributed by atoms with E-state index in [9.17, 15) is 0 Å². The Morgan fingerprint density at radius 3 is 3.00 bits per heavy atom. The van der Waals surface area contributed by atoms with Crippen LogP contribution in [0.4, 0.5) is 0 Å². The highest BCUT2D eigenvalue weighted by Crippen LogP contribution is 2.24. The van der Waals surface area contributed by atoms with Gasteiger partial charge in [0.15, 0.2) is 5.06 Å². The second-order valence-corrected chi connectivity index (χ2v) is 2.91. The van der Waals surface area contributed by atoms with Crippen LogP contribution >= 0.6 is 11.3 Å². The van der Waals surface area contributed by atoms with Crippen molar-refractivity contribution in [3.8, 4) is 5.06 Å². The molecule has 0 aliphatic heterocycles. The molecule has 2 nitrogen and oxygen atoms in total. The minimum Gasteiger partial charge on any atom is -0.482 e. The van der Waals surface area contributed by atoms with E-state index in [1.807, 2.05) is 18.4 Å². The van der Waals surface area contributed by atoms with Crippen LogP contribution in [-0.4, -0.2) is 13.2 Å². The first kappa shape index (κ1) is 7.57. The van der Waals surface area contributed by atoms with Crippen LogP contribution in [0, 0.1) is 6.92 Å². The maximum atomic E-state index is 5.32. The van der Waals surface area contributed by atoms with Crippen LogP contribution in [0.2, 0.25) is 0 Å². The zero-order valence-electron chi connectivity index (χ0n) is 5.96. The van der Waals surface area contributed by atoms with Crippen molar-refractivity contribution >= 4 is 11.3 Å². The molecule has 1 heterocycles. The quantitative estimate of drug-likeness (QED) is 0.719. The minimum absolute atomic E-state index is 0.581. The molecule has 1 rings (SSSR count). The third-order valence-corrected chi connectivity index (χ3v) is 2.09. The van der Waals surface area contributed by atoms with Gasteiger partial charge in [-0.05, 0) is 18.4 Å².